The molecule has 28 heavy (non-hydrogen) atoms. The second kappa shape index (κ2) is 9.25. The van der Waals surface area contributed by atoms with E-state index in [-0.39, 0.29) is 24.2 Å². The Hall–Kier alpha value is -3.03. The Morgan fingerprint density at radius 3 is 2.39 bits per heavy atom. The first-order valence-corrected chi connectivity index (χ1v) is 8.81. The molecule has 0 aliphatic heterocycles. The summed E-state index contributed by atoms with van der Waals surface area (Å²) >= 11 is 0. The van der Waals surface area contributed by atoms with Crippen molar-refractivity contribution in [1.29, 1.82) is 0 Å². The average Bonchev–Trinajstić information content (AvgIpc) is 2.66. The van der Waals surface area contributed by atoms with Crippen molar-refractivity contribution >= 4 is 23.2 Å². The molecule has 2 rings (SSSR count). The third-order valence-electron chi connectivity index (χ3n) is 4.04. The van der Waals surface area contributed by atoms with E-state index >= 15 is 0 Å². The van der Waals surface area contributed by atoms with Gasteiger partial charge >= 0.3 is 6.18 Å². The summed E-state index contributed by atoms with van der Waals surface area (Å²) in [5.74, 6) is -0.722. The van der Waals surface area contributed by atoms with Gasteiger partial charge in [-0.25, -0.2) is 0 Å². The van der Waals surface area contributed by atoms with Crippen LogP contribution in [-0.2, 0) is 11.0 Å². The fraction of sp³-hybridized carbons (Fsp3) is 0.300. The molecule has 5 nitrogen and oxygen atoms in total. The zero-order chi connectivity index (χ0) is 20.7. The number of carbonyl (C=O) groups is 2. The number of halogens is 3. The monoisotopic (exact) mass is 393 g/mol. The van der Waals surface area contributed by atoms with Crippen molar-refractivity contribution in [2.75, 3.05) is 17.2 Å². The molecule has 8 heteroatoms. The highest BCUT2D eigenvalue weighted by Gasteiger charge is 2.30. The van der Waals surface area contributed by atoms with E-state index in [1.165, 1.54) is 12.1 Å². The van der Waals surface area contributed by atoms with Crippen LogP contribution in [0.1, 0.15) is 36.2 Å². The van der Waals surface area contributed by atoms with Crippen molar-refractivity contribution in [3.8, 4) is 0 Å². The Labute approximate surface area is 161 Å². The molecule has 3 N–H and O–H groups in total. The van der Waals surface area contributed by atoms with Gasteiger partial charge in [0.1, 0.15) is 0 Å². The van der Waals surface area contributed by atoms with Crippen LogP contribution in [0.3, 0.4) is 0 Å². The number of benzene rings is 2. The van der Waals surface area contributed by atoms with E-state index in [1.54, 1.807) is 24.3 Å². The van der Waals surface area contributed by atoms with Gasteiger partial charge in [0.2, 0.25) is 5.91 Å². The summed E-state index contributed by atoms with van der Waals surface area (Å²) in [5.41, 5.74) is 0.223. The van der Waals surface area contributed by atoms with Crippen LogP contribution in [0.2, 0.25) is 0 Å². The van der Waals surface area contributed by atoms with Gasteiger partial charge < -0.3 is 16.0 Å². The summed E-state index contributed by atoms with van der Waals surface area (Å²) in [6.07, 6.45) is -3.67. The lowest BCUT2D eigenvalue weighted by Crippen LogP contribution is -2.31. The van der Waals surface area contributed by atoms with Crippen molar-refractivity contribution < 1.29 is 22.8 Å². The van der Waals surface area contributed by atoms with Crippen molar-refractivity contribution in [3.63, 3.8) is 0 Å². The van der Waals surface area contributed by atoms with Crippen LogP contribution in [0.4, 0.5) is 24.5 Å². The molecule has 0 bridgehead atoms. The molecule has 0 radical (unpaired) electrons. The number of carbonyl (C=O) groups excluding carboxylic acids is 2. The maximum atomic E-state index is 12.7. The standard InChI is InChI=1S/C20H22F3N3O2/c1-3-13(2)25-19(28)14-6-4-8-16(10-14)24-12-18(27)26-17-9-5-7-15(11-17)20(21,22)23/h4-11,13,24H,3,12H2,1-2H3,(H,25,28)(H,26,27). The van der Waals surface area contributed by atoms with E-state index in [2.05, 4.69) is 16.0 Å². The molecule has 0 heterocycles. The fourth-order valence-electron chi connectivity index (χ4n) is 2.34. The van der Waals surface area contributed by atoms with E-state index in [0.717, 1.165) is 18.6 Å². The summed E-state index contributed by atoms with van der Waals surface area (Å²) in [7, 11) is 0. The third kappa shape index (κ3) is 6.29. The number of hydrogen-bond acceptors (Lipinski definition) is 3. The summed E-state index contributed by atoms with van der Waals surface area (Å²) in [6, 6.07) is 11.1. The molecule has 0 saturated carbocycles. The van der Waals surface area contributed by atoms with Crippen LogP contribution >= 0.6 is 0 Å². The Balaban J connectivity index is 1.94. The normalized spacial score (nSPS) is 12.2. The molecule has 0 fully saturated rings. The number of rotatable bonds is 7. The zero-order valence-electron chi connectivity index (χ0n) is 15.6. The molecule has 0 spiro atoms. The van der Waals surface area contributed by atoms with Gasteiger partial charge in [0.25, 0.3) is 5.91 Å². The maximum absolute atomic E-state index is 12.7. The minimum atomic E-state index is -4.48. The van der Waals surface area contributed by atoms with Crippen molar-refractivity contribution in [2.45, 2.75) is 32.5 Å². The topological polar surface area (TPSA) is 70.2 Å². The van der Waals surface area contributed by atoms with E-state index in [9.17, 15) is 22.8 Å². The van der Waals surface area contributed by atoms with Gasteiger partial charge in [0.05, 0.1) is 12.1 Å². The van der Waals surface area contributed by atoms with Crippen LogP contribution in [0.15, 0.2) is 48.5 Å². The largest absolute Gasteiger partial charge is 0.416 e. The van der Waals surface area contributed by atoms with Gasteiger partial charge in [-0.05, 0) is 49.7 Å². The zero-order valence-corrected chi connectivity index (χ0v) is 15.6. The second-order valence-corrected chi connectivity index (χ2v) is 6.34. The molecule has 1 unspecified atom stereocenters. The van der Waals surface area contributed by atoms with Crippen LogP contribution in [0, 0.1) is 0 Å². The number of amides is 2. The van der Waals surface area contributed by atoms with Crippen molar-refractivity contribution in [1.82, 2.24) is 5.32 Å². The molecule has 2 amide bonds. The van der Waals surface area contributed by atoms with E-state index in [4.69, 9.17) is 0 Å². The van der Waals surface area contributed by atoms with E-state index in [0.29, 0.717) is 11.3 Å². The summed E-state index contributed by atoms with van der Waals surface area (Å²) < 4.78 is 38.2. The molecule has 150 valence electrons. The van der Waals surface area contributed by atoms with Crippen molar-refractivity contribution in [2.24, 2.45) is 0 Å². The number of alkyl halides is 3. The smallest absolute Gasteiger partial charge is 0.376 e. The lowest BCUT2D eigenvalue weighted by molar-refractivity contribution is -0.137. The molecule has 1 atom stereocenters. The SMILES string of the molecule is CCC(C)NC(=O)c1cccc(NCC(=O)Nc2cccc(C(F)(F)F)c2)c1. The average molecular weight is 393 g/mol. The molecular weight excluding hydrogens is 371 g/mol. The first kappa shape index (κ1) is 21.3. The lowest BCUT2D eigenvalue weighted by Gasteiger charge is -2.13. The first-order chi connectivity index (χ1) is 13.2. The summed E-state index contributed by atoms with van der Waals surface area (Å²) in [5, 5.41) is 8.12. The molecule has 2 aromatic rings. The third-order valence-corrected chi connectivity index (χ3v) is 4.04. The van der Waals surface area contributed by atoms with E-state index < -0.39 is 17.6 Å². The molecule has 0 aromatic heterocycles. The predicted octanol–water partition coefficient (Wildman–Crippen LogP) is 4.28. The quantitative estimate of drug-likeness (QED) is 0.657. The van der Waals surface area contributed by atoms with Gasteiger partial charge in [-0.2, -0.15) is 13.2 Å². The molecule has 0 saturated heterocycles. The van der Waals surface area contributed by atoms with Gasteiger partial charge in [-0.3, -0.25) is 9.59 Å². The Bertz CT molecular complexity index is 837. The second-order valence-electron chi connectivity index (χ2n) is 6.34. The highest BCUT2D eigenvalue weighted by molar-refractivity contribution is 5.96. The summed E-state index contributed by atoms with van der Waals surface area (Å²) in [6.45, 7) is 3.71. The van der Waals surface area contributed by atoms with E-state index in [1.807, 2.05) is 13.8 Å². The highest BCUT2D eigenvalue weighted by Crippen LogP contribution is 2.30. The number of hydrogen-bond donors (Lipinski definition) is 3. The molecular formula is C20H22F3N3O2. The summed E-state index contributed by atoms with van der Waals surface area (Å²) in [4.78, 5) is 24.2. The first-order valence-electron chi connectivity index (χ1n) is 8.81. The minimum absolute atomic E-state index is 0.0438. The van der Waals surface area contributed by atoms with Gasteiger partial charge in [0, 0.05) is 23.0 Å². The highest BCUT2D eigenvalue weighted by atomic mass is 19.4. The Morgan fingerprint density at radius 1 is 1.04 bits per heavy atom. The molecule has 2 aromatic carbocycles. The molecule has 0 aliphatic rings. The minimum Gasteiger partial charge on any atom is -0.376 e. The lowest BCUT2D eigenvalue weighted by atomic mass is 10.1. The van der Waals surface area contributed by atoms with Crippen LogP contribution in [0.5, 0.6) is 0 Å². The predicted molar refractivity (Wildman–Crippen MR) is 102 cm³/mol. The Morgan fingerprint density at radius 2 is 1.71 bits per heavy atom. The number of anilines is 2. The van der Waals surface area contributed by atoms with Crippen LogP contribution in [0.25, 0.3) is 0 Å². The fourth-order valence-corrected chi connectivity index (χ4v) is 2.34. The van der Waals surface area contributed by atoms with Crippen LogP contribution in [-0.4, -0.2) is 24.4 Å². The van der Waals surface area contributed by atoms with Gasteiger partial charge in [-0.1, -0.05) is 19.1 Å². The molecule has 0 aliphatic carbocycles. The number of nitrogens with one attached hydrogen (secondary N) is 3. The van der Waals surface area contributed by atoms with Gasteiger partial charge in [-0.15, -0.1) is 0 Å². The van der Waals surface area contributed by atoms with Crippen molar-refractivity contribution in [3.05, 3.63) is 59.7 Å². The Kier molecular flexibility index (Phi) is 7.03. The van der Waals surface area contributed by atoms with Crippen LogP contribution < -0.4 is 16.0 Å². The maximum Gasteiger partial charge on any atom is 0.416 e. The van der Waals surface area contributed by atoms with Gasteiger partial charge in [0.15, 0.2) is 0 Å².